The molecule has 0 aromatic heterocycles. The zero-order valence-corrected chi connectivity index (χ0v) is 22.6. The third kappa shape index (κ3) is 2.37. The highest BCUT2D eigenvalue weighted by Gasteiger charge is 2.73. The van der Waals surface area contributed by atoms with Crippen LogP contribution in [0, 0.1) is 10.8 Å². The largest absolute Gasteiger partial charge is 0.364 e. The van der Waals surface area contributed by atoms with E-state index in [1.807, 2.05) is 46.2 Å². The molecule has 38 heavy (non-hydrogen) atoms. The number of hydrogen-bond donors (Lipinski definition) is 2. The normalized spacial score (nSPS) is 34.4. The fourth-order valence-corrected chi connectivity index (χ4v) is 8.66. The van der Waals surface area contributed by atoms with Gasteiger partial charge in [-0.3, -0.25) is 9.59 Å². The Morgan fingerprint density at radius 3 is 1.47 bits per heavy atom. The fraction of sp³-hybridized carbons (Fsp3) is 0.438. The van der Waals surface area contributed by atoms with Crippen LogP contribution in [0.4, 0.5) is 11.4 Å². The number of carbonyl (C=O) groups is 2. The molecular weight excluding hydrogens is 472 g/mol. The molecule has 2 aromatic rings. The van der Waals surface area contributed by atoms with Gasteiger partial charge in [-0.2, -0.15) is 0 Å². The van der Waals surface area contributed by atoms with E-state index in [0.717, 1.165) is 11.4 Å². The van der Waals surface area contributed by atoms with Crippen LogP contribution < -0.4 is 10.6 Å². The number of benzene rings is 2. The van der Waals surface area contributed by atoms with Gasteiger partial charge < -0.3 is 20.4 Å². The van der Waals surface area contributed by atoms with Crippen LogP contribution in [0.3, 0.4) is 0 Å². The molecule has 6 heteroatoms. The first-order chi connectivity index (χ1) is 18.1. The van der Waals surface area contributed by atoms with E-state index in [9.17, 15) is 9.59 Å². The van der Waals surface area contributed by atoms with E-state index in [0.29, 0.717) is 12.8 Å². The summed E-state index contributed by atoms with van der Waals surface area (Å²) in [7, 11) is 0. The molecule has 5 aliphatic rings. The zero-order valence-electron chi connectivity index (χ0n) is 22.6. The molecule has 0 saturated carbocycles. The van der Waals surface area contributed by atoms with Gasteiger partial charge >= 0.3 is 0 Å². The molecule has 0 radical (unpaired) electrons. The number of carbonyl (C=O) groups excluding carboxylic acids is 2. The summed E-state index contributed by atoms with van der Waals surface area (Å²) in [6.07, 6.45) is 4.50. The van der Waals surface area contributed by atoms with E-state index < -0.39 is 22.9 Å². The summed E-state index contributed by atoms with van der Waals surface area (Å²) < 4.78 is 0. The lowest BCUT2D eigenvalue weighted by Gasteiger charge is -2.45. The minimum absolute atomic E-state index is 0.0366. The van der Waals surface area contributed by atoms with Gasteiger partial charge in [0.15, 0.2) is 0 Å². The van der Waals surface area contributed by atoms with Crippen molar-refractivity contribution in [2.24, 2.45) is 10.8 Å². The van der Waals surface area contributed by atoms with E-state index in [1.165, 1.54) is 11.1 Å². The zero-order chi connectivity index (χ0) is 26.8. The van der Waals surface area contributed by atoms with Gasteiger partial charge in [0.05, 0.1) is 0 Å². The number of piperazine rings is 1. The molecule has 0 unspecified atom stereocenters. The number of nitrogens with one attached hydrogen (secondary N) is 2. The van der Waals surface area contributed by atoms with Crippen molar-refractivity contribution in [2.45, 2.75) is 75.8 Å². The third-order valence-electron chi connectivity index (χ3n) is 11.0. The van der Waals surface area contributed by atoms with Crippen LogP contribution in [0.2, 0.25) is 0 Å². The smallest absolute Gasteiger partial charge is 0.247 e. The molecular formula is C32H36N4O2. The average molecular weight is 509 g/mol. The van der Waals surface area contributed by atoms with Crippen molar-refractivity contribution in [2.75, 3.05) is 10.6 Å². The first-order valence-corrected chi connectivity index (χ1v) is 13.7. The van der Waals surface area contributed by atoms with Crippen molar-refractivity contribution in [3.63, 3.8) is 0 Å². The van der Waals surface area contributed by atoms with Gasteiger partial charge in [0, 0.05) is 22.2 Å². The van der Waals surface area contributed by atoms with Gasteiger partial charge in [-0.1, -0.05) is 76.2 Å². The van der Waals surface area contributed by atoms with Crippen LogP contribution in [-0.2, 0) is 20.4 Å². The molecule has 7 rings (SSSR count). The molecule has 6 nitrogen and oxygen atoms in total. The lowest BCUT2D eigenvalue weighted by atomic mass is 9.60. The van der Waals surface area contributed by atoms with E-state index in [2.05, 4.69) is 75.8 Å². The van der Waals surface area contributed by atoms with Crippen LogP contribution in [0.15, 0.2) is 73.8 Å². The number of para-hydroxylation sites is 2. The quantitative estimate of drug-likeness (QED) is 0.570. The molecule has 2 aromatic carbocycles. The predicted molar refractivity (Wildman–Crippen MR) is 150 cm³/mol. The topological polar surface area (TPSA) is 64.7 Å². The number of amides is 2. The van der Waals surface area contributed by atoms with Gasteiger partial charge in [-0.25, -0.2) is 0 Å². The maximum Gasteiger partial charge on any atom is 0.247 e. The van der Waals surface area contributed by atoms with Gasteiger partial charge in [0.25, 0.3) is 0 Å². The Morgan fingerprint density at radius 1 is 0.737 bits per heavy atom. The SMILES string of the molecule is C=CC(C)(C)[C@]12C[C@H]3C(=O)N4[C@H](C[C@@]5(C(C)(C)C=C)c6ccccc6N[C@@H]45)C(=O)N3[C@H]1Nc1ccccc12. The lowest BCUT2D eigenvalue weighted by molar-refractivity contribution is -0.160. The van der Waals surface area contributed by atoms with Crippen molar-refractivity contribution in [3.8, 4) is 0 Å². The summed E-state index contributed by atoms with van der Waals surface area (Å²) in [5, 5.41) is 7.36. The van der Waals surface area contributed by atoms with E-state index >= 15 is 0 Å². The molecule has 0 aliphatic carbocycles. The van der Waals surface area contributed by atoms with Gasteiger partial charge in [0.1, 0.15) is 24.4 Å². The van der Waals surface area contributed by atoms with Crippen molar-refractivity contribution in [1.29, 1.82) is 0 Å². The van der Waals surface area contributed by atoms with Crippen LogP contribution in [0.1, 0.15) is 51.7 Å². The van der Waals surface area contributed by atoms with Crippen molar-refractivity contribution >= 4 is 23.2 Å². The maximum absolute atomic E-state index is 14.6. The highest BCUT2D eigenvalue weighted by molar-refractivity contribution is 6.00. The Morgan fingerprint density at radius 2 is 1.11 bits per heavy atom. The molecule has 3 saturated heterocycles. The Labute approximate surface area is 224 Å². The molecule has 3 fully saturated rings. The average Bonchev–Trinajstić information content (AvgIpc) is 3.62. The summed E-state index contributed by atoms with van der Waals surface area (Å²) >= 11 is 0. The van der Waals surface area contributed by atoms with Gasteiger partial charge in [-0.15, -0.1) is 13.2 Å². The second-order valence-corrected chi connectivity index (χ2v) is 12.9. The van der Waals surface area contributed by atoms with Gasteiger partial charge in [-0.05, 0) is 46.9 Å². The second-order valence-electron chi connectivity index (χ2n) is 12.9. The molecule has 5 heterocycles. The minimum atomic E-state index is -0.531. The Kier molecular flexibility index (Phi) is 4.40. The first kappa shape index (κ1) is 23.6. The van der Waals surface area contributed by atoms with Crippen molar-refractivity contribution < 1.29 is 9.59 Å². The molecule has 0 spiro atoms. The van der Waals surface area contributed by atoms with Crippen LogP contribution in [0.5, 0.6) is 0 Å². The van der Waals surface area contributed by atoms with E-state index in [4.69, 9.17) is 0 Å². The molecule has 6 atom stereocenters. The molecule has 196 valence electrons. The number of anilines is 2. The lowest BCUT2D eigenvalue weighted by Crippen LogP contribution is -2.66. The minimum Gasteiger partial charge on any atom is -0.364 e. The number of hydrogen-bond acceptors (Lipinski definition) is 4. The van der Waals surface area contributed by atoms with E-state index in [-0.39, 0.29) is 35.0 Å². The van der Waals surface area contributed by atoms with Gasteiger partial charge in [0.2, 0.25) is 11.8 Å². The molecule has 0 bridgehead atoms. The highest BCUT2D eigenvalue weighted by atomic mass is 16.2. The second kappa shape index (κ2) is 7.10. The highest BCUT2D eigenvalue weighted by Crippen LogP contribution is 2.64. The Bertz CT molecular complexity index is 1320. The number of rotatable bonds is 4. The maximum atomic E-state index is 14.6. The summed E-state index contributed by atoms with van der Waals surface area (Å²) in [4.78, 5) is 33.0. The summed E-state index contributed by atoms with van der Waals surface area (Å²) in [6, 6.07) is 15.5. The van der Waals surface area contributed by atoms with E-state index in [1.54, 1.807) is 0 Å². The Balaban J connectivity index is 1.38. The molecule has 2 amide bonds. The van der Waals surface area contributed by atoms with Crippen LogP contribution in [-0.4, -0.2) is 46.0 Å². The first-order valence-electron chi connectivity index (χ1n) is 13.7. The fourth-order valence-electron chi connectivity index (χ4n) is 8.66. The summed E-state index contributed by atoms with van der Waals surface area (Å²) in [5.41, 5.74) is 2.80. The standard InChI is InChI=1S/C32H36N4O2/c1-7-29(3,4)31-17-23-25(37)36-24(26(38)35(23)27(31)33-21-15-11-9-13-19(21)31)18-32(30(5,6)8-2)20-14-10-12-16-22(20)34-28(32)36/h7-16,23-24,27-28,33-34H,1-2,17-18H2,3-6H3/t23-,24+,27+,28-,31-,32+. The Hall–Kier alpha value is -3.54. The van der Waals surface area contributed by atoms with Crippen molar-refractivity contribution in [1.82, 2.24) is 9.80 Å². The van der Waals surface area contributed by atoms with Crippen LogP contribution >= 0.6 is 0 Å². The number of nitrogens with zero attached hydrogens (tertiary/aromatic N) is 2. The molecule has 5 aliphatic heterocycles. The number of fused-ring (bicyclic) bond motifs is 10. The van der Waals surface area contributed by atoms with Crippen LogP contribution in [0.25, 0.3) is 0 Å². The third-order valence-corrected chi connectivity index (χ3v) is 11.0. The number of allylic oxidation sites excluding steroid dienone is 2. The summed E-state index contributed by atoms with van der Waals surface area (Å²) in [6.45, 7) is 17.1. The monoisotopic (exact) mass is 508 g/mol. The summed E-state index contributed by atoms with van der Waals surface area (Å²) in [5.74, 6) is 0.0733. The van der Waals surface area contributed by atoms with Crippen molar-refractivity contribution in [3.05, 3.63) is 85.0 Å². The molecule has 2 N–H and O–H groups in total. The predicted octanol–water partition coefficient (Wildman–Crippen LogP) is 5.01.